The molecule has 0 saturated carbocycles. The van der Waals surface area contributed by atoms with Gasteiger partial charge in [-0.3, -0.25) is 4.79 Å². The summed E-state index contributed by atoms with van der Waals surface area (Å²) >= 11 is 0. The monoisotopic (exact) mass is 291 g/mol. The number of benzene rings is 1. The van der Waals surface area contributed by atoms with Gasteiger partial charge in [-0.25, -0.2) is 0 Å². The summed E-state index contributed by atoms with van der Waals surface area (Å²) in [5.41, 5.74) is 9.54. The highest BCUT2D eigenvalue weighted by Gasteiger charge is 2.17. The molecule has 0 amide bonds. The van der Waals surface area contributed by atoms with Crippen LogP contribution in [0.25, 0.3) is 10.4 Å². The van der Waals surface area contributed by atoms with Crippen molar-refractivity contribution < 1.29 is 19.0 Å². The molecule has 1 aromatic carbocycles. The summed E-state index contributed by atoms with van der Waals surface area (Å²) in [6, 6.07) is 5.12. The highest BCUT2D eigenvalue weighted by atomic mass is 16.7. The fourth-order valence-corrected chi connectivity index (χ4v) is 2.15. The van der Waals surface area contributed by atoms with Crippen molar-refractivity contribution in [2.75, 3.05) is 13.4 Å². The second-order valence-electron chi connectivity index (χ2n) is 4.53. The lowest BCUT2D eigenvalue weighted by Gasteiger charge is -2.12. The van der Waals surface area contributed by atoms with E-state index in [0.29, 0.717) is 37.4 Å². The molecule has 0 aromatic heterocycles. The molecule has 1 unspecified atom stereocenters. The van der Waals surface area contributed by atoms with E-state index in [1.807, 2.05) is 12.1 Å². The van der Waals surface area contributed by atoms with Crippen LogP contribution in [0.3, 0.4) is 0 Å². The van der Waals surface area contributed by atoms with Gasteiger partial charge in [-0.1, -0.05) is 11.2 Å². The van der Waals surface area contributed by atoms with E-state index in [-0.39, 0.29) is 18.8 Å². The maximum Gasteiger partial charge on any atom is 0.305 e. The van der Waals surface area contributed by atoms with Crippen LogP contribution >= 0.6 is 0 Å². The van der Waals surface area contributed by atoms with Gasteiger partial charge in [-0.2, -0.15) is 0 Å². The molecule has 2 rings (SSSR count). The zero-order chi connectivity index (χ0) is 15.1. The minimum atomic E-state index is -0.334. The maximum atomic E-state index is 11.3. The Balaban J connectivity index is 1.98. The summed E-state index contributed by atoms with van der Waals surface area (Å²) in [7, 11) is 0. The Morgan fingerprint density at radius 1 is 1.48 bits per heavy atom. The van der Waals surface area contributed by atoms with Crippen LogP contribution in [0.5, 0.6) is 11.5 Å². The van der Waals surface area contributed by atoms with Gasteiger partial charge < -0.3 is 14.2 Å². The van der Waals surface area contributed by atoms with Crippen LogP contribution in [0, 0.1) is 0 Å². The standard InChI is InChI=1S/C14H17N3O4/c1-2-19-14(18)5-3-4-11(16-17-15)10-6-7-12-13(8-10)21-9-20-12/h6-8,11H,2-5,9H2,1H3. The first-order valence-corrected chi connectivity index (χ1v) is 6.84. The van der Waals surface area contributed by atoms with Crippen LogP contribution in [-0.4, -0.2) is 19.4 Å². The molecule has 7 nitrogen and oxygen atoms in total. The summed E-state index contributed by atoms with van der Waals surface area (Å²) in [6.45, 7) is 2.35. The third kappa shape index (κ3) is 4.03. The van der Waals surface area contributed by atoms with Crippen LogP contribution in [0.15, 0.2) is 23.3 Å². The molecule has 7 heteroatoms. The van der Waals surface area contributed by atoms with Crippen molar-refractivity contribution in [3.05, 3.63) is 34.2 Å². The van der Waals surface area contributed by atoms with E-state index >= 15 is 0 Å². The first-order chi connectivity index (χ1) is 10.2. The molecule has 1 heterocycles. The lowest BCUT2D eigenvalue weighted by Crippen LogP contribution is -2.04. The first-order valence-electron chi connectivity index (χ1n) is 6.84. The molecule has 1 atom stereocenters. The molecule has 1 aliphatic rings. The molecule has 1 aromatic rings. The van der Waals surface area contributed by atoms with Crippen molar-refractivity contribution in [1.29, 1.82) is 0 Å². The third-order valence-electron chi connectivity index (χ3n) is 3.14. The van der Waals surface area contributed by atoms with Crippen molar-refractivity contribution in [2.24, 2.45) is 5.11 Å². The van der Waals surface area contributed by atoms with Crippen LogP contribution in [0.2, 0.25) is 0 Å². The number of hydrogen-bond donors (Lipinski definition) is 0. The smallest absolute Gasteiger partial charge is 0.305 e. The molecule has 112 valence electrons. The second kappa shape index (κ2) is 7.40. The third-order valence-corrected chi connectivity index (χ3v) is 3.14. The van der Waals surface area contributed by atoms with Gasteiger partial charge in [0.05, 0.1) is 12.6 Å². The van der Waals surface area contributed by atoms with E-state index in [2.05, 4.69) is 10.0 Å². The molecule has 0 N–H and O–H groups in total. The summed E-state index contributed by atoms with van der Waals surface area (Å²) in [5, 5.41) is 3.79. The van der Waals surface area contributed by atoms with Gasteiger partial charge in [-0.05, 0) is 43.0 Å². The van der Waals surface area contributed by atoms with Crippen LogP contribution in [0.1, 0.15) is 37.8 Å². The summed E-state index contributed by atoms with van der Waals surface area (Å²) in [4.78, 5) is 14.2. The van der Waals surface area contributed by atoms with E-state index in [0.717, 1.165) is 5.56 Å². The van der Waals surface area contributed by atoms with E-state index in [1.165, 1.54) is 0 Å². The molecule has 0 fully saturated rings. The number of nitrogens with zero attached hydrogens (tertiary/aromatic N) is 3. The van der Waals surface area contributed by atoms with E-state index < -0.39 is 0 Å². The molecule has 0 saturated heterocycles. The van der Waals surface area contributed by atoms with Crippen molar-refractivity contribution in [3.8, 4) is 11.5 Å². The Hall–Kier alpha value is -2.40. The zero-order valence-electron chi connectivity index (χ0n) is 11.8. The van der Waals surface area contributed by atoms with Crippen LogP contribution in [0.4, 0.5) is 0 Å². The van der Waals surface area contributed by atoms with Gasteiger partial charge in [0.2, 0.25) is 6.79 Å². The average molecular weight is 291 g/mol. The molecule has 1 aliphatic heterocycles. The SMILES string of the molecule is CCOC(=O)CCCC(N=[N+]=[N-])c1ccc2c(c1)OCO2. The Morgan fingerprint density at radius 2 is 2.29 bits per heavy atom. The number of azide groups is 1. The Bertz CT molecular complexity index is 555. The van der Waals surface area contributed by atoms with Crippen molar-refractivity contribution >= 4 is 5.97 Å². The quantitative estimate of drug-likeness (QED) is 0.332. The first kappa shape index (κ1) is 15.0. The van der Waals surface area contributed by atoms with Gasteiger partial charge in [0, 0.05) is 11.3 Å². The molecular weight excluding hydrogens is 274 g/mol. The number of carbonyl (C=O) groups is 1. The van der Waals surface area contributed by atoms with Gasteiger partial charge in [0.15, 0.2) is 11.5 Å². The molecule has 21 heavy (non-hydrogen) atoms. The van der Waals surface area contributed by atoms with Crippen molar-refractivity contribution in [2.45, 2.75) is 32.2 Å². The fraction of sp³-hybridized carbons (Fsp3) is 0.500. The Labute approximate surface area is 122 Å². The highest BCUT2D eigenvalue weighted by molar-refractivity contribution is 5.69. The molecular formula is C14H17N3O4. The summed E-state index contributed by atoms with van der Waals surface area (Å²) in [6.07, 6.45) is 1.48. The zero-order valence-corrected chi connectivity index (χ0v) is 11.8. The summed E-state index contributed by atoms with van der Waals surface area (Å²) in [5.74, 6) is 1.10. The van der Waals surface area contributed by atoms with E-state index in [1.54, 1.807) is 13.0 Å². The molecule has 0 spiro atoms. The number of ether oxygens (including phenoxy) is 3. The minimum Gasteiger partial charge on any atom is -0.466 e. The lowest BCUT2D eigenvalue weighted by atomic mass is 10.0. The normalized spacial score (nSPS) is 13.4. The lowest BCUT2D eigenvalue weighted by molar-refractivity contribution is -0.143. The van der Waals surface area contributed by atoms with Gasteiger partial charge in [-0.15, -0.1) is 0 Å². The average Bonchev–Trinajstić information content (AvgIpc) is 2.94. The van der Waals surface area contributed by atoms with Crippen LogP contribution in [-0.2, 0) is 9.53 Å². The fourth-order valence-electron chi connectivity index (χ4n) is 2.15. The molecule has 0 bridgehead atoms. The molecule has 0 aliphatic carbocycles. The maximum absolute atomic E-state index is 11.3. The number of carbonyl (C=O) groups excluding carboxylic acids is 1. The van der Waals surface area contributed by atoms with E-state index in [9.17, 15) is 4.79 Å². The Kier molecular flexibility index (Phi) is 5.29. The van der Waals surface area contributed by atoms with Gasteiger partial charge in [0.1, 0.15) is 0 Å². The van der Waals surface area contributed by atoms with Crippen LogP contribution < -0.4 is 9.47 Å². The largest absolute Gasteiger partial charge is 0.466 e. The number of fused-ring (bicyclic) bond motifs is 1. The van der Waals surface area contributed by atoms with Crippen molar-refractivity contribution in [1.82, 2.24) is 0 Å². The summed E-state index contributed by atoms with van der Waals surface area (Å²) < 4.78 is 15.4. The topological polar surface area (TPSA) is 93.5 Å². The van der Waals surface area contributed by atoms with Crippen molar-refractivity contribution in [3.63, 3.8) is 0 Å². The van der Waals surface area contributed by atoms with Gasteiger partial charge >= 0.3 is 5.97 Å². The van der Waals surface area contributed by atoms with Gasteiger partial charge in [0.25, 0.3) is 0 Å². The highest BCUT2D eigenvalue weighted by Crippen LogP contribution is 2.36. The second-order valence-corrected chi connectivity index (χ2v) is 4.53. The predicted octanol–water partition coefficient (Wildman–Crippen LogP) is 3.50. The van der Waals surface area contributed by atoms with E-state index in [4.69, 9.17) is 19.7 Å². The number of hydrogen-bond acceptors (Lipinski definition) is 5. The predicted molar refractivity (Wildman–Crippen MR) is 74.9 cm³/mol. The number of rotatable bonds is 7. The Morgan fingerprint density at radius 3 is 3.05 bits per heavy atom. The minimum absolute atomic E-state index is 0.202. The molecule has 0 radical (unpaired) electrons. The number of esters is 1.